The smallest absolute Gasteiger partial charge is 0.261 e. The summed E-state index contributed by atoms with van der Waals surface area (Å²) < 4.78 is 12.3. The second-order valence-corrected chi connectivity index (χ2v) is 7.65. The highest BCUT2D eigenvalue weighted by Gasteiger charge is 2.33. The summed E-state index contributed by atoms with van der Waals surface area (Å²) in [7, 11) is 3.06. The standard InChI is InChI=1S/C21H26N4O5/c1-13(24-7-4-5-19(24)26)20(27)23-8-6-18-22-15-12-17(30-3)16(29-2)11-14(15)21(28)25(18)10-9-23/h11-13H,4-10H2,1-3H3/t13-/m1/s1. The predicted molar refractivity (Wildman–Crippen MR) is 110 cm³/mol. The molecule has 3 heterocycles. The Morgan fingerprint density at radius 2 is 1.77 bits per heavy atom. The largest absolute Gasteiger partial charge is 0.493 e. The Bertz CT molecular complexity index is 1060. The van der Waals surface area contributed by atoms with Gasteiger partial charge < -0.3 is 19.3 Å². The summed E-state index contributed by atoms with van der Waals surface area (Å²) in [6.45, 7) is 3.61. The molecule has 2 aromatic rings. The minimum absolute atomic E-state index is 0.0287. The third kappa shape index (κ3) is 3.38. The van der Waals surface area contributed by atoms with Crippen LogP contribution in [0.2, 0.25) is 0 Å². The van der Waals surface area contributed by atoms with Gasteiger partial charge >= 0.3 is 0 Å². The van der Waals surface area contributed by atoms with E-state index < -0.39 is 6.04 Å². The van der Waals surface area contributed by atoms with Gasteiger partial charge in [-0.05, 0) is 19.4 Å². The van der Waals surface area contributed by atoms with Crippen molar-refractivity contribution in [3.63, 3.8) is 0 Å². The third-order valence-electron chi connectivity index (χ3n) is 5.98. The lowest BCUT2D eigenvalue weighted by molar-refractivity contribution is -0.142. The van der Waals surface area contributed by atoms with Crippen molar-refractivity contribution in [1.29, 1.82) is 0 Å². The Morgan fingerprint density at radius 1 is 1.03 bits per heavy atom. The first-order valence-electron chi connectivity index (χ1n) is 10.2. The maximum absolute atomic E-state index is 13.1. The monoisotopic (exact) mass is 414 g/mol. The van der Waals surface area contributed by atoms with E-state index in [0.717, 1.165) is 6.42 Å². The van der Waals surface area contributed by atoms with Gasteiger partial charge in [-0.1, -0.05) is 0 Å². The summed E-state index contributed by atoms with van der Waals surface area (Å²) in [5.74, 6) is 1.57. The number of fused-ring (bicyclic) bond motifs is 2. The van der Waals surface area contributed by atoms with Crippen molar-refractivity contribution in [3.8, 4) is 11.5 Å². The van der Waals surface area contributed by atoms with Gasteiger partial charge in [-0.2, -0.15) is 0 Å². The number of carbonyl (C=O) groups excluding carboxylic acids is 2. The minimum atomic E-state index is -0.488. The van der Waals surface area contributed by atoms with E-state index in [-0.39, 0.29) is 17.4 Å². The Morgan fingerprint density at radius 3 is 2.43 bits per heavy atom. The van der Waals surface area contributed by atoms with Gasteiger partial charge in [0.25, 0.3) is 5.56 Å². The first-order chi connectivity index (χ1) is 14.4. The summed E-state index contributed by atoms with van der Waals surface area (Å²) in [6.07, 6.45) is 1.76. The highest BCUT2D eigenvalue weighted by Crippen LogP contribution is 2.30. The molecule has 1 atom stereocenters. The number of carbonyl (C=O) groups is 2. The number of aromatic nitrogens is 2. The number of hydrogen-bond acceptors (Lipinski definition) is 6. The SMILES string of the molecule is COc1cc2nc3n(c(=O)c2cc1OC)CCN(C(=O)[C@@H](C)N1CCCC1=O)CC3. The van der Waals surface area contributed by atoms with Crippen molar-refractivity contribution in [2.24, 2.45) is 0 Å². The van der Waals surface area contributed by atoms with E-state index in [1.165, 1.54) is 14.2 Å². The van der Waals surface area contributed by atoms with Gasteiger partial charge in [0.2, 0.25) is 11.8 Å². The molecular weight excluding hydrogens is 388 g/mol. The van der Waals surface area contributed by atoms with Crippen LogP contribution in [0.1, 0.15) is 25.6 Å². The number of nitrogens with zero attached hydrogens (tertiary/aromatic N) is 4. The molecule has 0 N–H and O–H groups in total. The second-order valence-electron chi connectivity index (χ2n) is 7.65. The number of hydrogen-bond donors (Lipinski definition) is 0. The van der Waals surface area contributed by atoms with Gasteiger partial charge in [0, 0.05) is 45.1 Å². The molecule has 0 spiro atoms. The van der Waals surface area contributed by atoms with Gasteiger partial charge in [0.1, 0.15) is 11.9 Å². The van der Waals surface area contributed by atoms with E-state index in [1.54, 1.807) is 33.4 Å². The lowest BCUT2D eigenvalue weighted by atomic mass is 10.2. The highest BCUT2D eigenvalue weighted by molar-refractivity contribution is 5.88. The van der Waals surface area contributed by atoms with E-state index >= 15 is 0 Å². The zero-order valence-electron chi connectivity index (χ0n) is 17.5. The zero-order chi connectivity index (χ0) is 21.4. The van der Waals surface area contributed by atoms with Crippen molar-refractivity contribution in [2.75, 3.05) is 33.9 Å². The molecule has 0 bridgehead atoms. The molecule has 0 radical (unpaired) electrons. The zero-order valence-corrected chi connectivity index (χ0v) is 17.5. The number of benzene rings is 1. The van der Waals surface area contributed by atoms with Crippen molar-refractivity contribution >= 4 is 22.7 Å². The fourth-order valence-electron chi connectivity index (χ4n) is 4.28. The molecule has 2 aliphatic rings. The van der Waals surface area contributed by atoms with Crippen LogP contribution in [0.25, 0.3) is 10.9 Å². The third-order valence-corrected chi connectivity index (χ3v) is 5.98. The van der Waals surface area contributed by atoms with Crippen LogP contribution < -0.4 is 15.0 Å². The van der Waals surface area contributed by atoms with Crippen molar-refractivity contribution in [1.82, 2.24) is 19.4 Å². The van der Waals surface area contributed by atoms with E-state index in [4.69, 9.17) is 9.47 Å². The first-order valence-corrected chi connectivity index (χ1v) is 10.2. The molecule has 1 fully saturated rings. The van der Waals surface area contributed by atoms with Crippen molar-refractivity contribution in [3.05, 3.63) is 28.3 Å². The van der Waals surface area contributed by atoms with Gasteiger partial charge in [-0.15, -0.1) is 0 Å². The summed E-state index contributed by atoms with van der Waals surface area (Å²) >= 11 is 0. The number of rotatable bonds is 4. The average Bonchev–Trinajstić information content (AvgIpc) is 3.07. The van der Waals surface area contributed by atoms with E-state index in [0.29, 0.717) is 67.2 Å². The van der Waals surface area contributed by atoms with Crippen LogP contribution in [0.15, 0.2) is 16.9 Å². The second kappa shape index (κ2) is 7.97. The lowest BCUT2D eigenvalue weighted by Crippen LogP contribution is -2.48. The van der Waals surface area contributed by atoms with Crippen LogP contribution in [0.3, 0.4) is 0 Å². The molecular formula is C21H26N4O5. The molecule has 2 amide bonds. The normalized spacial score (nSPS) is 17.6. The Labute approximate surface area is 174 Å². The van der Waals surface area contributed by atoms with Crippen LogP contribution in [-0.4, -0.2) is 71.1 Å². The quantitative estimate of drug-likeness (QED) is 0.735. The predicted octanol–water partition coefficient (Wildman–Crippen LogP) is 0.809. The van der Waals surface area contributed by atoms with E-state index in [9.17, 15) is 14.4 Å². The van der Waals surface area contributed by atoms with Crippen LogP contribution >= 0.6 is 0 Å². The van der Waals surface area contributed by atoms with Gasteiger partial charge in [-0.3, -0.25) is 19.0 Å². The Balaban J connectivity index is 1.62. The Kier molecular flexibility index (Phi) is 5.36. The lowest BCUT2D eigenvalue weighted by Gasteiger charge is -2.29. The number of ether oxygens (including phenoxy) is 2. The number of likely N-dealkylation sites (tertiary alicyclic amines) is 1. The molecule has 0 aliphatic carbocycles. The van der Waals surface area contributed by atoms with Crippen molar-refractivity contribution in [2.45, 2.75) is 38.8 Å². The van der Waals surface area contributed by atoms with Crippen LogP contribution in [0.4, 0.5) is 0 Å². The summed E-state index contributed by atoms with van der Waals surface area (Å²) in [4.78, 5) is 46.2. The topological polar surface area (TPSA) is 94.0 Å². The summed E-state index contributed by atoms with van der Waals surface area (Å²) in [5.41, 5.74) is 0.382. The number of methoxy groups -OCH3 is 2. The van der Waals surface area contributed by atoms with Crippen LogP contribution in [-0.2, 0) is 22.6 Å². The molecule has 0 unspecified atom stereocenters. The van der Waals surface area contributed by atoms with E-state index in [2.05, 4.69) is 4.98 Å². The van der Waals surface area contributed by atoms with Gasteiger partial charge in [0.05, 0.1) is 25.1 Å². The highest BCUT2D eigenvalue weighted by atomic mass is 16.5. The molecule has 4 rings (SSSR count). The Hall–Kier alpha value is -3.10. The van der Waals surface area contributed by atoms with Crippen LogP contribution in [0.5, 0.6) is 11.5 Å². The van der Waals surface area contributed by atoms with Gasteiger partial charge in [0.15, 0.2) is 11.5 Å². The minimum Gasteiger partial charge on any atom is -0.493 e. The molecule has 9 nitrogen and oxygen atoms in total. The maximum atomic E-state index is 13.1. The fraction of sp³-hybridized carbons (Fsp3) is 0.524. The van der Waals surface area contributed by atoms with Gasteiger partial charge in [-0.25, -0.2) is 4.98 Å². The average molecular weight is 414 g/mol. The molecule has 1 aromatic heterocycles. The fourth-order valence-corrected chi connectivity index (χ4v) is 4.28. The molecule has 2 aliphatic heterocycles. The first kappa shape index (κ1) is 20.2. The molecule has 0 saturated carbocycles. The maximum Gasteiger partial charge on any atom is 0.261 e. The molecule has 30 heavy (non-hydrogen) atoms. The molecule has 1 saturated heterocycles. The summed E-state index contributed by atoms with van der Waals surface area (Å²) in [5, 5.41) is 0.451. The van der Waals surface area contributed by atoms with E-state index in [1.807, 2.05) is 0 Å². The molecule has 160 valence electrons. The summed E-state index contributed by atoms with van der Waals surface area (Å²) in [6, 6.07) is 2.86. The molecule has 1 aromatic carbocycles. The van der Waals surface area contributed by atoms with Crippen LogP contribution in [0, 0.1) is 0 Å². The number of amides is 2. The van der Waals surface area contributed by atoms with Crippen molar-refractivity contribution < 1.29 is 19.1 Å². The molecule has 9 heteroatoms.